The third-order valence-electron chi connectivity index (χ3n) is 5.40. The fraction of sp³-hybridized carbons (Fsp3) is 0.261. The SMILES string of the molecule is COc1ccc(-c2ccc3nccc(C(=O)NCC(=O)N4CC(F)(F)CC4C#N)c3c2)cn1. The molecule has 10 heteroatoms. The molecule has 2 aromatic heterocycles. The van der Waals surface area contributed by atoms with Crippen molar-refractivity contribution in [3.63, 3.8) is 0 Å². The smallest absolute Gasteiger partial charge is 0.268 e. The molecule has 1 aromatic carbocycles. The van der Waals surface area contributed by atoms with Crippen molar-refractivity contribution in [2.75, 3.05) is 20.2 Å². The number of nitrogens with one attached hydrogen (secondary N) is 1. The number of benzene rings is 1. The largest absolute Gasteiger partial charge is 0.481 e. The molecule has 168 valence electrons. The zero-order chi connectivity index (χ0) is 23.6. The number of nitriles is 1. The number of hydrogen-bond donors (Lipinski definition) is 1. The number of amides is 2. The summed E-state index contributed by atoms with van der Waals surface area (Å²) in [5.74, 6) is -3.94. The second-order valence-electron chi connectivity index (χ2n) is 7.59. The molecule has 1 saturated heterocycles. The average molecular weight is 451 g/mol. The highest BCUT2D eigenvalue weighted by atomic mass is 19.3. The molecule has 3 aromatic rings. The number of hydrogen-bond acceptors (Lipinski definition) is 6. The number of pyridine rings is 2. The molecule has 0 bridgehead atoms. The Morgan fingerprint density at radius 2 is 2.03 bits per heavy atom. The third kappa shape index (κ3) is 4.57. The van der Waals surface area contributed by atoms with E-state index in [1.54, 1.807) is 30.5 Å². The standard InChI is InChI=1S/C23H19F2N5O3/c1-33-20-5-3-15(11-28-20)14-2-4-19-18(8-14)17(6-7-27-19)22(32)29-12-21(31)30-13-23(24,25)9-16(30)10-26/h2-8,11,16H,9,12-13H2,1H3,(H,29,32). The quantitative estimate of drug-likeness (QED) is 0.639. The number of nitrogens with zero attached hydrogens (tertiary/aromatic N) is 4. The van der Waals surface area contributed by atoms with Crippen LogP contribution in [0.2, 0.25) is 0 Å². The maximum atomic E-state index is 13.6. The van der Waals surface area contributed by atoms with Crippen LogP contribution in [0.15, 0.2) is 48.8 Å². The molecule has 0 radical (unpaired) electrons. The van der Waals surface area contributed by atoms with Crippen molar-refractivity contribution >= 4 is 22.7 Å². The molecule has 33 heavy (non-hydrogen) atoms. The van der Waals surface area contributed by atoms with Crippen LogP contribution >= 0.6 is 0 Å². The molecular formula is C23H19F2N5O3. The minimum absolute atomic E-state index is 0.278. The third-order valence-corrected chi connectivity index (χ3v) is 5.40. The van der Waals surface area contributed by atoms with E-state index in [0.29, 0.717) is 16.8 Å². The van der Waals surface area contributed by atoms with Gasteiger partial charge < -0.3 is 15.0 Å². The molecule has 1 aliphatic rings. The van der Waals surface area contributed by atoms with Gasteiger partial charge in [0, 0.05) is 35.8 Å². The van der Waals surface area contributed by atoms with Crippen molar-refractivity contribution in [1.29, 1.82) is 5.26 Å². The second-order valence-corrected chi connectivity index (χ2v) is 7.59. The van der Waals surface area contributed by atoms with E-state index in [4.69, 9.17) is 10.00 Å². The molecule has 1 N–H and O–H groups in total. The van der Waals surface area contributed by atoms with E-state index >= 15 is 0 Å². The molecule has 1 fully saturated rings. The molecule has 8 nitrogen and oxygen atoms in total. The molecule has 4 rings (SSSR count). The summed E-state index contributed by atoms with van der Waals surface area (Å²) in [5.41, 5.74) is 2.45. The van der Waals surface area contributed by atoms with Crippen LogP contribution in [0.5, 0.6) is 5.88 Å². The van der Waals surface area contributed by atoms with Gasteiger partial charge in [0.1, 0.15) is 6.04 Å². The molecule has 3 heterocycles. The summed E-state index contributed by atoms with van der Waals surface area (Å²) < 4.78 is 32.3. The Balaban J connectivity index is 1.54. The van der Waals surface area contributed by atoms with Crippen LogP contribution in [0, 0.1) is 11.3 Å². The van der Waals surface area contributed by atoms with Crippen molar-refractivity contribution in [1.82, 2.24) is 20.2 Å². The van der Waals surface area contributed by atoms with E-state index < -0.39 is 43.3 Å². The first kappa shape index (κ1) is 22.1. The van der Waals surface area contributed by atoms with Gasteiger partial charge in [-0.2, -0.15) is 5.26 Å². The fourth-order valence-corrected chi connectivity index (χ4v) is 3.74. The van der Waals surface area contributed by atoms with Gasteiger partial charge in [0.2, 0.25) is 11.8 Å². The fourth-order valence-electron chi connectivity index (χ4n) is 3.74. The Bertz CT molecular complexity index is 1260. The molecule has 2 amide bonds. The number of likely N-dealkylation sites (tertiary alicyclic amines) is 1. The second kappa shape index (κ2) is 8.78. The number of methoxy groups -OCH3 is 1. The maximum absolute atomic E-state index is 13.6. The van der Waals surface area contributed by atoms with Gasteiger partial charge in [0.25, 0.3) is 11.8 Å². The van der Waals surface area contributed by atoms with Gasteiger partial charge in [-0.15, -0.1) is 0 Å². The predicted octanol–water partition coefficient (Wildman–Crippen LogP) is 2.79. The van der Waals surface area contributed by atoms with Gasteiger partial charge in [-0.3, -0.25) is 14.6 Å². The van der Waals surface area contributed by atoms with Crippen LogP contribution in [-0.4, -0.2) is 58.8 Å². The minimum Gasteiger partial charge on any atom is -0.481 e. The van der Waals surface area contributed by atoms with Gasteiger partial charge in [-0.25, -0.2) is 13.8 Å². The van der Waals surface area contributed by atoms with Crippen molar-refractivity contribution in [3.05, 3.63) is 54.4 Å². The summed E-state index contributed by atoms with van der Waals surface area (Å²) in [4.78, 5) is 34.5. The maximum Gasteiger partial charge on any atom is 0.268 e. The average Bonchev–Trinajstić information content (AvgIpc) is 3.16. The molecule has 0 saturated carbocycles. The van der Waals surface area contributed by atoms with Crippen molar-refractivity contribution in [2.24, 2.45) is 0 Å². The van der Waals surface area contributed by atoms with E-state index in [1.807, 2.05) is 12.1 Å². The van der Waals surface area contributed by atoms with Crippen LogP contribution in [0.25, 0.3) is 22.0 Å². The summed E-state index contributed by atoms with van der Waals surface area (Å²) in [6.07, 6.45) is 2.41. The molecule has 1 aliphatic heterocycles. The van der Waals surface area contributed by atoms with E-state index in [9.17, 15) is 18.4 Å². The number of ether oxygens (including phenoxy) is 1. The van der Waals surface area contributed by atoms with Crippen molar-refractivity contribution < 1.29 is 23.1 Å². The zero-order valence-corrected chi connectivity index (χ0v) is 17.6. The lowest BCUT2D eigenvalue weighted by atomic mass is 10.0. The van der Waals surface area contributed by atoms with E-state index in [2.05, 4.69) is 15.3 Å². The van der Waals surface area contributed by atoms with Gasteiger partial charge in [0.15, 0.2) is 0 Å². The van der Waals surface area contributed by atoms with Crippen LogP contribution in [0.3, 0.4) is 0 Å². The van der Waals surface area contributed by atoms with Gasteiger partial charge in [-0.1, -0.05) is 6.07 Å². The first-order chi connectivity index (χ1) is 15.8. The number of aromatic nitrogens is 2. The monoisotopic (exact) mass is 451 g/mol. The molecule has 1 atom stereocenters. The van der Waals surface area contributed by atoms with Gasteiger partial charge in [0.05, 0.1) is 37.3 Å². The highest BCUT2D eigenvalue weighted by Crippen LogP contribution is 2.31. The highest BCUT2D eigenvalue weighted by Gasteiger charge is 2.47. The van der Waals surface area contributed by atoms with Crippen LogP contribution in [0.1, 0.15) is 16.8 Å². The Hall–Kier alpha value is -4.13. The predicted molar refractivity (Wildman–Crippen MR) is 115 cm³/mol. The van der Waals surface area contributed by atoms with Gasteiger partial charge in [-0.05, 0) is 29.8 Å². The minimum atomic E-state index is -3.12. The van der Waals surface area contributed by atoms with Gasteiger partial charge >= 0.3 is 0 Å². The number of carbonyl (C=O) groups is 2. The van der Waals surface area contributed by atoms with Crippen LogP contribution < -0.4 is 10.1 Å². The lowest BCUT2D eigenvalue weighted by molar-refractivity contribution is -0.131. The molecule has 0 spiro atoms. The summed E-state index contributed by atoms with van der Waals surface area (Å²) in [6.45, 7) is -1.34. The highest BCUT2D eigenvalue weighted by molar-refractivity contribution is 6.07. The number of halogens is 2. The Morgan fingerprint density at radius 3 is 2.73 bits per heavy atom. The lowest BCUT2D eigenvalue weighted by Gasteiger charge is -2.19. The first-order valence-corrected chi connectivity index (χ1v) is 10.1. The van der Waals surface area contributed by atoms with Crippen molar-refractivity contribution in [2.45, 2.75) is 18.4 Å². The summed E-state index contributed by atoms with van der Waals surface area (Å²) in [5, 5.41) is 12.1. The topological polar surface area (TPSA) is 108 Å². The molecular weight excluding hydrogens is 432 g/mol. The van der Waals surface area contributed by atoms with E-state index in [1.165, 1.54) is 19.4 Å². The first-order valence-electron chi connectivity index (χ1n) is 10.1. The van der Waals surface area contributed by atoms with E-state index in [-0.39, 0.29) is 5.56 Å². The summed E-state index contributed by atoms with van der Waals surface area (Å²) >= 11 is 0. The normalized spacial score (nSPS) is 16.9. The van der Waals surface area contributed by atoms with E-state index in [0.717, 1.165) is 16.0 Å². The number of carbonyl (C=O) groups excluding carboxylic acids is 2. The van der Waals surface area contributed by atoms with Crippen molar-refractivity contribution in [3.8, 4) is 23.1 Å². The number of rotatable bonds is 5. The van der Waals surface area contributed by atoms with Crippen LogP contribution in [0.4, 0.5) is 8.78 Å². The zero-order valence-electron chi connectivity index (χ0n) is 17.6. The van der Waals surface area contributed by atoms with Crippen LogP contribution in [-0.2, 0) is 4.79 Å². The number of alkyl halides is 2. The Morgan fingerprint density at radius 1 is 1.24 bits per heavy atom. The molecule has 1 unspecified atom stereocenters. The Kier molecular flexibility index (Phi) is 5.87. The lowest BCUT2D eigenvalue weighted by Crippen LogP contribution is -2.43. The molecule has 0 aliphatic carbocycles. The summed E-state index contributed by atoms with van der Waals surface area (Å²) in [6, 6.07) is 11.0. The number of fused-ring (bicyclic) bond motifs is 1. The summed E-state index contributed by atoms with van der Waals surface area (Å²) in [7, 11) is 1.52. The Labute approximate surface area is 187 Å².